The molecule has 0 amide bonds. The van der Waals surface area contributed by atoms with E-state index in [0.717, 1.165) is 6.07 Å². The predicted octanol–water partition coefficient (Wildman–Crippen LogP) is 1.50. The first-order valence-electron chi connectivity index (χ1n) is 5.22. The maximum atomic E-state index is 13.2. The van der Waals surface area contributed by atoms with E-state index >= 15 is 0 Å². The van der Waals surface area contributed by atoms with Gasteiger partial charge in [-0.3, -0.25) is 0 Å². The van der Waals surface area contributed by atoms with Crippen LogP contribution in [0.15, 0.2) is 23.4 Å². The topological polar surface area (TPSA) is 77.1 Å². The zero-order valence-electron chi connectivity index (χ0n) is 9.77. The molecule has 100 valence electrons. The molecule has 0 radical (unpaired) electrons. The summed E-state index contributed by atoms with van der Waals surface area (Å²) in [6.45, 7) is 1.69. The number of oxime groups is 1. The van der Waals surface area contributed by atoms with E-state index in [1.807, 2.05) is 0 Å². The van der Waals surface area contributed by atoms with Crippen molar-refractivity contribution >= 4 is 5.84 Å². The van der Waals surface area contributed by atoms with Gasteiger partial charge in [0.1, 0.15) is 12.7 Å². The number of hydrogen-bond donors (Lipinski definition) is 2. The van der Waals surface area contributed by atoms with E-state index in [1.165, 1.54) is 12.1 Å². The quantitative estimate of drug-likeness (QED) is 0.267. The Bertz CT molecular complexity index is 427. The Morgan fingerprint density at radius 3 is 2.83 bits per heavy atom. The van der Waals surface area contributed by atoms with Gasteiger partial charge in [0.15, 0.2) is 17.4 Å². The van der Waals surface area contributed by atoms with Gasteiger partial charge in [0.2, 0.25) is 5.82 Å². The van der Waals surface area contributed by atoms with Crippen LogP contribution in [0, 0.1) is 11.6 Å². The van der Waals surface area contributed by atoms with Crippen LogP contribution in [0.5, 0.6) is 5.75 Å². The third-order valence-electron chi connectivity index (χ3n) is 2.16. The van der Waals surface area contributed by atoms with Crippen LogP contribution in [-0.2, 0) is 4.74 Å². The first-order chi connectivity index (χ1) is 8.56. The smallest absolute Gasteiger partial charge is 0.200 e. The Kier molecular flexibility index (Phi) is 5.31. The van der Waals surface area contributed by atoms with Gasteiger partial charge in [-0.2, -0.15) is 4.39 Å². The highest BCUT2D eigenvalue weighted by molar-refractivity contribution is 5.83. The van der Waals surface area contributed by atoms with Gasteiger partial charge in [0, 0.05) is 0 Å². The second-order valence-corrected chi connectivity index (χ2v) is 3.44. The molecule has 0 fully saturated rings. The molecule has 18 heavy (non-hydrogen) atoms. The lowest BCUT2D eigenvalue weighted by Gasteiger charge is -2.12. The molecule has 0 spiro atoms. The van der Waals surface area contributed by atoms with E-state index in [-0.39, 0.29) is 24.8 Å². The Morgan fingerprint density at radius 1 is 1.44 bits per heavy atom. The second-order valence-electron chi connectivity index (χ2n) is 3.44. The molecule has 0 bridgehead atoms. The maximum absolute atomic E-state index is 13.2. The number of nitrogens with two attached hydrogens (primary N) is 1. The molecule has 5 nitrogen and oxygen atoms in total. The minimum absolute atomic E-state index is 0.0173. The second kappa shape index (κ2) is 6.75. The SMILES string of the molecule is CC(OCCOc1cccc(F)c1F)/C(N)=N/O. The highest BCUT2D eigenvalue weighted by Crippen LogP contribution is 2.18. The van der Waals surface area contributed by atoms with Gasteiger partial charge < -0.3 is 20.4 Å². The van der Waals surface area contributed by atoms with Crippen LogP contribution in [0.1, 0.15) is 6.92 Å². The number of hydrogen-bond acceptors (Lipinski definition) is 4. The van der Waals surface area contributed by atoms with Gasteiger partial charge in [0.25, 0.3) is 0 Å². The van der Waals surface area contributed by atoms with E-state index in [4.69, 9.17) is 20.4 Å². The van der Waals surface area contributed by atoms with Crippen LogP contribution >= 0.6 is 0 Å². The minimum atomic E-state index is -1.04. The van der Waals surface area contributed by atoms with Crippen LogP contribution in [0.25, 0.3) is 0 Å². The molecule has 0 aromatic heterocycles. The summed E-state index contributed by atoms with van der Waals surface area (Å²) in [5, 5.41) is 11.1. The molecule has 0 aliphatic carbocycles. The van der Waals surface area contributed by atoms with Crippen molar-refractivity contribution in [2.24, 2.45) is 10.9 Å². The molecule has 0 saturated carbocycles. The fraction of sp³-hybridized carbons (Fsp3) is 0.364. The van der Waals surface area contributed by atoms with Crippen molar-refractivity contribution in [3.8, 4) is 5.75 Å². The first kappa shape index (κ1) is 14.2. The van der Waals surface area contributed by atoms with Crippen LogP contribution in [-0.4, -0.2) is 30.4 Å². The molecule has 1 unspecified atom stereocenters. The Morgan fingerprint density at radius 2 is 2.17 bits per heavy atom. The molecule has 0 heterocycles. The van der Waals surface area contributed by atoms with Crippen molar-refractivity contribution in [2.45, 2.75) is 13.0 Å². The fourth-order valence-electron chi connectivity index (χ4n) is 1.14. The summed E-state index contributed by atoms with van der Waals surface area (Å²) >= 11 is 0. The molecule has 0 saturated heterocycles. The van der Waals surface area contributed by atoms with E-state index in [2.05, 4.69) is 5.16 Å². The van der Waals surface area contributed by atoms with Crippen LogP contribution in [0.3, 0.4) is 0 Å². The van der Waals surface area contributed by atoms with E-state index < -0.39 is 17.7 Å². The summed E-state index contributed by atoms with van der Waals surface area (Å²) in [5.41, 5.74) is 5.28. The first-order valence-corrected chi connectivity index (χ1v) is 5.22. The summed E-state index contributed by atoms with van der Waals surface area (Å²) in [6.07, 6.45) is -0.587. The zero-order chi connectivity index (χ0) is 13.5. The van der Waals surface area contributed by atoms with Gasteiger partial charge in [-0.25, -0.2) is 4.39 Å². The minimum Gasteiger partial charge on any atom is -0.488 e. The average Bonchev–Trinajstić information content (AvgIpc) is 2.38. The average molecular weight is 260 g/mol. The molecule has 0 aliphatic rings. The van der Waals surface area contributed by atoms with Crippen molar-refractivity contribution in [1.82, 2.24) is 0 Å². The Labute approximate surface area is 103 Å². The number of ether oxygens (including phenoxy) is 2. The van der Waals surface area contributed by atoms with Gasteiger partial charge in [0.05, 0.1) is 6.61 Å². The Hall–Kier alpha value is -1.89. The molecule has 1 aromatic carbocycles. The third kappa shape index (κ3) is 3.85. The lowest BCUT2D eigenvalue weighted by atomic mass is 10.3. The number of halogens is 2. The van der Waals surface area contributed by atoms with Crippen molar-refractivity contribution in [2.75, 3.05) is 13.2 Å². The standard InChI is InChI=1S/C11H14F2N2O3/c1-7(11(14)15-16)17-5-6-18-9-4-2-3-8(12)10(9)13/h2-4,7,16H,5-6H2,1H3,(H2,14,15). The highest BCUT2D eigenvalue weighted by Gasteiger charge is 2.10. The van der Waals surface area contributed by atoms with Gasteiger partial charge in [-0.05, 0) is 19.1 Å². The monoisotopic (exact) mass is 260 g/mol. The summed E-state index contributed by atoms with van der Waals surface area (Å²) < 4.78 is 36.1. The molecule has 1 rings (SSSR count). The summed E-state index contributed by atoms with van der Waals surface area (Å²) in [5.74, 6) is -2.28. The normalized spacial score (nSPS) is 13.4. The van der Waals surface area contributed by atoms with Crippen LogP contribution < -0.4 is 10.5 Å². The van der Waals surface area contributed by atoms with E-state index in [9.17, 15) is 8.78 Å². The van der Waals surface area contributed by atoms with Crippen molar-refractivity contribution in [3.05, 3.63) is 29.8 Å². The van der Waals surface area contributed by atoms with Gasteiger partial charge in [-0.15, -0.1) is 0 Å². The lowest BCUT2D eigenvalue weighted by molar-refractivity contribution is 0.0765. The number of benzene rings is 1. The van der Waals surface area contributed by atoms with Crippen molar-refractivity contribution in [1.29, 1.82) is 0 Å². The summed E-state index contributed by atoms with van der Waals surface area (Å²) in [7, 11) is 0. The molecule has 0 aliphatic heterocycles. The molecule has 7 heteroatoms. The number of rotatable bonds is 6. The van der Waals surface area contributed by atoms with Crippen LogP contribution in [0.2, 0.25) is 0 Å². The largest absolute Gasteiger partial charge is 0.488 e. The van der Waals surface area contributed by atoms with E-state index in [1.54, 1.807) is 6.92 Å². The van der Waals surface area contributed by atoms with Gasteiger partial charge >= 0.3 is 0 Å². The third-order valence-corrected chi connectivity index (χ3v) is 2.16. The molecular weight excluding hydrogens is 246 g/mol. The van der Waals surface area contributed by atoms with Crippen molar-refractivity contribution in [3.63, 3.8) is 0 Å². The molecular formula is C11H14F2N2O3. The molecule has 3 N–H and O–H groups in total. The zero-order valence-corrected chi connectivity index (χ0v) is 9.77. The molecule has 1 atom stereocenters. The maximum Gasteiger partial charge on any atom is 0.200 e. The fourth-order valence-corrected chi connectivity index (χ4v) is 1.14. The molecule has 1 aromatic rings. The highest BCUT2D eigenvalue weighted by atomic mass is 19.2. The van der Waals surface area contributed by atoms with Crippen molar-refractivity contribution < 1.29 is 23.5 Å². The van der Waals surface area contributed by atoms with Crippen LogP contribution in [0.4, 0.5) is 8.78 Å². The van der Waals surface area contributed by atoms with Gasteiger partial charge in [-0.1, -0.05) is 11.2 Å². The number of nitrogens with zero attached hydrogens (tertiary/aromatic N) is 1. The number of amidine groups is 1. The predicted molar refractivity (Wildman–Crippen MR) is 60.7 cm³/mol. The summed E-state index contributed by atoms with van der Waals surface area (Å²) in [6, 6.07) is 3.65. The van der Waals surface area contributed by atoms with E-state index in [0.29, 0.717) is 0 Å². The lowest BCUT2D eigenvalue weighted by Crippen LogP contribution is -2.30. The Balaban J connectivity index is 2.36. The summed E-state index contributed by atoms with van der Waals surface area (Å²) in [4.78, 5) is 0.